The predicted octanol–water partition coefficient (Wildman–Crippen LogP) is 0.239. The number of thiol groups is 2. The van der Waals surface area contributed by atoms with Crippen LogP contribution in [0.5, 0.6) is 0 Å². The van der Waals surface area contributed by atoms with Gasteiger partial charge in [-0.2, -0.15) is 25.3 Å². The van der Waals surface area contributed by atoms with Gasteiger partial charge in [-0.25, -0.2) is 0 Å². The molecule has 0 saturated heterocycles. The highest BCUT2D eigenvalue weighted by atomic mass is 32.2. The first-order valence-corrected chi connectivity index (χ1v) is 5.40. The average molecular weight is 240 g/mol. The quantitative estimate of drug-likeness (QED) is 0.292. The molecule has 0 radical (unpaired) electrons. The molecule has 14 heavy (non-hydrogen) atoms. The van der Waals surface area contributed by atoms with Crippen LogP contribution in [0.15, 0.2) is 0 Å². The molecule has 0 aliphatic heterocycles. The minimum atomic E-state index is -0.532. The Morgan fingerprint density at radius 1 is 1.36 bits per heavy atom. The Bertz CT molecular complexity index is 163. The van der Waals surface area contributed by atoms with Gasteiger partial charge < -0.3 is 14.9 Å². The van der Waals surface area contributed by atoms with Gasteiger partial charge in [0.2, 0.25) is 0 Å². The lowest BCUT2D eigenvalue weighted by atomic mass is 10.2. The summed E-state index contributed by atoms with van der Waals surface area (Å²) in [4.78, 5) is 11.1. The van der Waals surface area contributed by atoms with E-state index in [2.05, 4.69) is 25.3 Å². The number of ether oxygens (including phenoxy) is 1. The normalized spacial score (nSPS) is 12.9. The summed E-state index contributed by atoms with van der Waals surface area (Å²) in [7, 11) is 0. The van der Waals surface area contributed by atoms with Crippen LogP contribution in [0.2, 0.25) is 0 Å². The molecule has 0 aliphatic carbocycles. The minimum Gasteiger partial charge on any atom is -0.460 e. The van der Waals surface area contributed by atoms with Gasteiger partial charge in [0.15, 0.2) is 0 Å². The number of carbonyl (C=O) groups is 1. The van der Waals surface area contributed by atoms with Crippen LogP contribution in [0.25, 0.3) is 0 Å². The molecule has 0 aromatic carbocycles. The van der Waals surface area contributed by atoms with Crippen LogP contribution in [-0.4, -0.2) is 40.1 Å². The first-order chi connectivity index (χ1) is 6.60. The molecule has 0 bridgehead atoms. The number of carbonyl (C=O) groups excluding carboxylic acids is 1. The second-order valence-electron chi connectivity index (χ2n) is 2.85. The summed E-state index contributed by atoms with van der Waals surface area (Å²) in [5.74, 6) is -0.433. The molecule has 0 aliphatic rings. The molecule has 0 fully saturated rings. The van der Waals surface area contributed by atoms with Crippen molar-refractivity contribution in [3.8, 4) is 0 Å². The van der Waals surface area contributed by atoms with Crippen molar-refractivity contribution in [1.29, 1.82) is 0 Å². The molecule has 84 valence electrons. The van der Waals surface area contributed by atoms with E-state index in [4.69, 9.17) is 14.9 Å². The van der Waals surface area contributed by atoms with Gasteiger partial charge in [0, 0.05) is 6.61 Å². The van der Waals surface area contributed by atoms with E-state index < -0.39 is 12.1 Å². The highest BCUT2D eigenvalue weighted by Gasteiger charge is 2.14. The fourth-order valence-corrected chi connectivity index (χ4v) is 1.19. The maximum absolute atomic E-state index is 11.1. The monoisotopic (exact) mass is 240 g/mol. The second-order valence-corrected chi connectivity index (χ2v) is 4.50. The lowest BCUT2D eigenvalue weighted by molar-refractivity contribution is -0.151. The van der Waals surface area contributed by atoms with Crippen LogP contribution < -0.4 is 0 Å². The van der Waals surface area contributed by atoms with E-state index in [1.807, 2.05) is 0 Å². The van der Waals surface area contributed by atoms with Gasteiger partial charge in [-0.3, -0.25) is 4.79 Å². The van der Waals surface area contributed by atoms with Crippen molar-refractivity contribution < 1.29 is 19.7 Å². The highest BCUT2D eigenvalue weighted by Crippen LogP contribution is 2.09. The third-order valence-corrected chi connectivity index (χ3v) is 1.90. The number of hydrogen-bond donors (Lipinski definition) is 4. The van der Waals surface area contributed by atoms with Crippen LogP contribution in [0.3, 0.4) is 0 Å². The molecule has 0 spiro atoms. The third kappa shape index (κ3) is 7.49. The van der Waals surface area contributed by atoms with Crippen LogP contribution in [0.4, 0.5) is 0 Å². The van der Waals surface area contributed by atoms with E-state index in [1.165, 1.54) is 0 Å². The minimum absolute atomic E-state index is 0.0236. The van der Waals surface area contributed by atoms with E-state index in [-0.39, 0.29) is 24.2 Å². The highest BCUT2D eigenvalue weighted by molar-refractivity contribution is 7.99. The smallest absolute Gasteiger partial charge is 0.308 e. The zero-order valence-electron chi connectivity index (χ0n) is 7.80. The molecule has 0 heterocycles. The Kier molecular flexibility index (Phi) is 8.46. The average Bonchev–Trinajstić information content (AvgIpc) is 2.10. The van der Waals surface area contributed by atoms with Crippen molar-refractivity contribution in [2.45, 2.75) is 29.9 Å². The zero-order valence-corrected chi connectivity index (χ0v) is 9.58. The molecule has 0 rings (SSSR count). The number of hydrogen-bond acceptors (Lipinski definition) is 6. The zero-order chi connectivity index (χ0) is 11.0. The first-order valence-electron chi connectivity index (χ1n) is 4.37. The topological polar surface area (TPSA) is 66.8 Å². The number of aliphatic hydroxyl groups is 2. The van der Waals surface area contributed by atoms with Crippen molar-refractivity contribution in [2.75, 3.05) is 13.2 Å². The number of aliphatic hydroxyl groups excluding tert-OH is 2. The lowest BCUT2D eigenvalue weighted by Crippen LogP contribution is -2.23. The summed E-state index contributed by atoms with van der Waals surface area (Å²) >= 11 is 7.84. The molecule has 0 amide bonds. The molecule has 0 aromatic rings. The van der Waals surface area contributed by atoms with Crippen LogP contribution in [-0.2, 0) is 9.53 Å². The van der Waals surface area contributed by atoms with Crippen LogP contribution >= 0.6 is 25.3 Å². The predicted molar refractivity (Wildman–Crippen MR) is 59.7 cm³/mol. The summed E-state index contributed by atoms with van der Waals surface area (Å²) in [6.07, 6.45) is 0.531. The maximum Gasteiger partial charge on any atom is 0.308 e. The first kappa shape index (κ1) is 14.1. The van der Waals surface area contributed by atoms with E-state index in [1.54, 1.807) is 0 Å². The van der Waals surface area contributed by atoms with E-state index in [0.29, 0.717) is 12.8 Å². The van der Waals surface area contributed by atoms with E-state index in [0.717, 1.165) is 0 Å². The van der Waals surface area contributed by atoms with E-state index >= 15 is 0 Å². The van der Waals surface area contributed by atoms with Crippen molar-refractivity contribution in [1.82, 2.24) is 0 Å². The van der Waals surface area contributed by atoms with Crippen molar-refractivity contribution in [3.63, 3.8) is 0 Å². The molecule has 1 unspecified atom stereocenters. The van der Waals surface area contributed by atoms with Gasteiger partial charge in [-0.15, -0.1) is 0 Å². The summed E-state index contributed by atoms with van der Waals surface area (Å²) in [6.45, 7) is -0.203. The van der Waals surface area contributed by atoms with Crippen LogP contribution in [0.1, 0.15) is 19.3 Å². The van der Waals surface area contributed by atoms with Gasteiger partial charge >= 0.3 is 5.97 Å². The Morgan fingerprint density at radius 3 is 2.43 bits per heavy atom. The number of esters is 1. The van der Waals surface area contributed by atoms with Gasteiger partial charge in [0.1, 0.15) is 6.10 Å². The summed E-state index contributed by atoms with van der Waals surface area (Å²) in [6, 6.07) is 0. The lowest BCUT2D eigenvalue weighted by Gasteiger charge is -2.15. The molecular weight excluding hydrogens is 224 g/mol. The number of rotatable bonds is 7. The molecular formula is C8H16O4S2. The van der Waals surface area contributed by atoms with Crippen LogP contribution in [0, 0.1) is 0 Å². The fraction of sp³-hybridized carbons (Fsp3) is 0.875. The van der Waals surface area contributed by atoms with Crippen molar-refractivity contribution in [2.24, 2.45) is 0 Å². The molecule has 2 N–H and O–H groups in total. The summed E-state index contributed by atoms with van der Waals surface area (Å²) in [5.41, 5.74) is 0. The van der Waals surface area contributed by atoms with Gasteiger partial charge in [-0.1, -0.05) is 0 Å². The Hall–Kier alpha value is 0.0900. The Balaban J connectivity index is 3.74. The maximum atomic E-state index is 11.1. The third-order valence-electron chi connectivity index (χ3n) is 1.54. The Morgan fingerprint density at radius 2 is 2.00 bits per heavy atom. The molecule has 6 heteroatoms. The standard InChI is InChI=1S/C8H16O4S2/c9-3-1-2-6(5-10)12-7(11)4-8(13)14/h6,8-10,13-14H,1-5H2. The molecule has 0 saturated carbocycles. The largest absolute Gasteiger partial charge is 0.460 e. The second kappa shape index (κ2) is 8.40. The van der Waals surface area contributed by atoms with Crippen molar-refractivity contribution in [3.05, 3.63) is 0 Å². The molecule has 4 nitrogen and oxygen atoms in total. The summed E-state index contributed by atoms with van der Waals surface area (Å²) in [5, 5.41) is 17.4. The summed E-state index contributed by atoms with van der Waals surface area (Å²) < 4.78 is 4.57. The van der Waals surface area contributed by atoms with Gasteiger partial charge in [0.25, 0.3) is 0 Å². The molecule has 1 atom stereocenters. The molecule has 0 aromatic heterocycles. The fourth-order valence-electron chi connectivity index (χ4n) is 0.890. The van der Waals surface area contributed by atoms with Crippen molar-refractivity contribution >= 4 is 31.2 Å². The van der Waals surface area contributed by atoms with Gasteiger partial charge in [0.05, 0.1) is 17.6 Å². The SMILES string of the molecule is O=C(CC(S)S)OC(CO)CCCO. The Labute approximate surface area is 94.5 Å². The van der Waals surface area contributed by atoms with E-state index in [9.17, 15) is 4.79 Å². The van der Waals surface area contributed by atoms with Gasteiger partial charge in [-0.05, 0) is 12.8 Å².